The highest BCUT2D eigenvalue weighted by molar-refractivity contribution is 7.90. The van der Waals surface area contributed by atoms with Crippen molar-refractivity contribution in [2.75, 3.05) is 6.26 Å². The Bertz CT molecular complexity index is 723. The maximum Gasteiger partial charge on any atom is 0.265 e. The maximum absolute atomic E-state index is 11.4. The van der Waals surface area contributed by atoms with Crippen molar-refractivity contribution in [3.63, 3.8) is 0 Å². The fraction of sp³-hybridized carbons (Fsp3) is 0.0833. The fourth-order valence-electron chi connectivity index (χ4n) is 1.68. The van der Waals surface area contributed by atoms with Gasteiger partial charge in [-0.25, -0.2) is 14.3 Å². The van der Waals surface area contributed by atoms with Crippen LogP contribution in [0.5, 0.6) is 0 Å². The Morgan fingerprint density at radius 2 is 1.72 bits per heavy atom. The first kappa shape index (κ1) is 12.5. The van der Waals surface area contributed by atoms with Crippen molar-refractivity contribution in [1.29, 1.82) is 0 Å². The summed E-state index contributed by atoms with van der Waals surface area (Å²) in [4.78, 5) is 11.6. The molecule has 5 nitrogen and oxygen atoms in total. The van der Waals surface area contributed by atoms with E-state index in [4.69, 9.17) is 5.84 Å². The fourth-order valence-corrected chi connectivity index (χ4v) is 2.34. The zero-order valence-corrected chi connectivity index (χ0v) is 10.5. The highest BCUT2D eigenvalue weighted by Crippen LogP contribution is 2.20. The largest absolute Gasteiger partial charge is 0.290 e. The normalized spacial score (nSPS) is 11.4. The van der Waals surface area contributed by atoms with E-state index in [0.717, 1.165) is 17.0 Å². The quantitative estimate of drug-likeness (QED) is 0.478. The van der Waals surface area contributed by atoms with Gasteiger partial charge in [-0.15, -0.1) is 0 Å². The summed E-state index contributed by atoms with van der Waals surface area (Å²) in [7, 11) is -3.22. The van der Waals surface area contributed by atoms with Crippen LogP contribution in [0.2, 0.25) is 0 Å². The number of fused-ring (bicyclic) bond motifs is 1. The average Bonchev–Trinajstić information content (AvgIpc) is 2.35. The SMILES string of the molecule is CS(=O)(=O)c1ccc2cc(C(=O)NN)ccc2c1. The Kier molecular flexibility index (Phi) is 3.06. The number of nitrogens with two attached hydrogens (primary N) is 1. The number of amides is 1. The third kappa shape index (κ3) is 2.34. The van der Waals surface area contributed by atoms with E-state index in [0.29, 0.717) is 5.56 Å². The van der Waals surface area contributed by atoms with E-state index in [2.05, 4.69) is 0 Å². The van der Waals surface area contributed by atoms with Gasteiger partial charge in [-0.2, -0.15) is 0 Å². The van der Waals surface area contributed by atoms with Crippen molar-refractivity contribution in [2.45, 2.75) is 4.90 Å². The molecule has 3 N–H and O–H groups in total. The van der Waals surface area contributed by atoms with Crippen LogP contribution in [-0.4, -0.2) is 20.6 Å². The van der Waals surface area contributed by atoms with E-state index in [1.807, 2.05) is 5.43 Å². The van der Waals surface area contributed by atoms with Crippen LogP contribution in [-0.2, 0) is 9.84 Å². The molecule has 0 saturated heterocycles. The minimum Gasteiger partial charge on any atom is -0.290 e. The van der Waals surface area contributed by atoms with E-state index in [-0.39, 0.29) is 10.8 Å². The summed E-state index contributed by atoms with van der Waals surface area (Å²) in [6, 6.07) is 9.70. The van der Waals surface area contributed by atoms with Gasteiger partial charge < -0.3 is 0 Å². The minimum absolute atomic E-state index is 0.256. The topological polar surface area (TPSA) is 89.3 Å². The van der Waals surface area contributed by atoms with Gasteiger partial charge in [0.1, 0.15) is 0 Å². The van der Waals surface area contributed by atoms with Gasteiger partial charge in [0.25, 0.3) is 5.91 Å². The summed E-state index contributed by atoms with van der Waals surface area (Å²) in [5.74, 6) is 4.67. The summed E-state index contributed by atoms with van der Waals surface area (Å²) >= 11 is 0. The zero-order valence-electron chi connectivity index (χ0n) is 9.67. The molecule has 0 atom stereocenters. The molecule has 6 heteroatoms. The van der Waals surface area contributed by atoms with Crippen molar-refractivity contribution < 1.29 is 13.2 Å². The van der Waals surface area contributed by atoms with Crippen molar-refractivity contribution in [2.24, 2.45) is 5.84 Å². The highest BCUT2D eigenvalue weighted by Gasteiger charge is 2.09. The number of carbonyl (C=O) groups excluding carboxylic acids is 1. The van der Waals surface area contributed by atoms with Gasteiger partial charge in [-0.3, -0.25) is 10.2 Å². The lowest BCUT2D eigenvalue weighted by Gasteiger charge is -2.04. The van der Waals surface area contributed by atoms with E-state index in [1.54, 1.807) is 30.3 Å². The molecule has 2 aromatic carbocycles. The van der Waals surface area contributed by atoms with E-state index >= 15 is 0 Å². The molecule has 0 aromatic heterocycles. The van der Waals surface area contributed by atoms with Crippen molar-refractivity contribution in [3.8, 4) is 0 Å². The molecule has 2 aromatic rings. The number of hydrogen-bond acceptors (Lipinski definition) is 4. The van der Waals surface area contributed by atoms with Crippen LogP contribution in [0.3, 0.4) is 0 Å². The third-order valence-electron chi connectivity index (χ3n) is 2.63. The molecule has 0 heterocycles. The van der Waals surface area contributed by atoms with Crippen LogP contribution in [0.4, 0.5) is 0 Å². The Hall–Kier alpha value is -1.92. The summed E-state index contributed by atoms with van der Waals surface area (Å²) in [5, 5.41) is 1.54. The number of hydrazine groups is 1. The first-order valence-electron chi connectivity index (χ1n) is 5.16. The van der Waals surface area contributed by atoms with Gasteiger partial charge in [0, 0.05) is 11.8 Å². The summed E-state index contributed by atoms with van der Waals surface area (Å²) in [5.41, 5.74) is 2.47. The van der Waals surface area contributed by atoms with Crippen LogP contribution < -0.4 is 11.3 Å². The van der Waals surface area contributed by atoms with Crippen molar-refractivity contribution >= 4 is 26.5 Å². The standard InChI is InChI=1S/C12H12N2O3S/c1-18(16,17)11-5-4-8-6-10(12(15)14-13)3-2-9(8)7-11/h2-7H,13H2,1H3,(H,14,15). The van der Waals surface area contributed by atoms with E-state index in [9.17, 15) is 13.2 Å². The second kappa shape index (κ2) is 4.40. The lowest BCUT2D eigenvalue weighted by Crippen LogP contribution is -2.29. The molecule has 2 rings (SSSR count). The molecule has 1 amide bonds. The molecule has 0 spiro atoms. The van der Waals surface area contributed by atoms with Crippen LogP contribution in [0.25, 0.3) is 10.8 Å². The zero-order chi connectivity index (χ0) is 13.3. The van der Waals surface area contributed by atoms with E-state index < -0.39 is 9.84 Å². The molecule has 0 bridgehead atoms. The van der Waals surface area contributed by atoms with Crippen LogP contribution in [0, 0.1) is 0 Å². The summed E-state index contributed by atoms with van der Waals surface area (Å²) < 4.78 is 22.8. The van der Waals surface area contributed by atoms with E-state index in [1.165, 1.54) is 6.07 Å². The average molecular weight is 264 g/mol. The summed E-state index contributed by atoms with van der Waals surface area (Å²) in [6.07, 6.45) is 1.16. The molecular weight excluding hydrogens is 252 g/mol. The first-order chi connectivity index (χ1) is 8.41. The molecule has 0 saturated carbocycles. The Balaban J connectivity index is 2.59. The van der Waals surface area contributed by atoms with Gasteiger partial charge in [-0.05, 0) is 35.0 Å². The predicted octanol–water partition coefficient (Wildman–Crippen LogP) is 0.847. The summed E-state index contributed by atoms with van der Waals surface area (Å²) in [6.45, 7) is 0. The molecule has 0 aliphatic heterocycles. The van der Waals surface area contributed by atoms with Crippen LogP contribution in [0.1, 0.15) is 10.4 Å². The number of rotatable bonds is 2. The number of nitrogens with one attached hydrogen (secondary N) is 1. The smallest absolute Gasteiger partial charge is 0.265 e. The highest BCUT2D eigenvalue weighted by atomic mass is 32.2. The third-order valence-corrected chi connectivity index (χ3v) is 3.74. The minimum atomic E-state index is -3.22. The second-order valence-electron chi connectivity index (χ2n) is 3.97. The lowest BCUT2D eigenvalue weighted by atomic mass is 10.1. The molecular formula is C12H12N2O3S. The number of nitrogen functional groups attached to an aromatic ring is 1. The lowest BCUT2D eigenvalue weighted by molar-refractivity contribution is 0.0954. The Morgan fingerprint density at radius 3 is 2.33 bits per heavy atom. The van der Waals surface area contributed by atoms with Crippen molar-refractivity contribution in [3.05, 3.63) is 42.0 Å². The maximum atomic E-state index is 11.4. The molecule has 0 aliphatic carbocycles. The van der Waals surface area contributed by atoms with Crippen LogP contribution >= 0.6 is 0 Å². The monoisotopic (exact) mass is 264 g/mol. The number of carbonyl (C=O) groups is 1. The molecule has 0 radical (unpaired) electrons. The Morgan fingerprint density at radius 1 is 1.11 bits per heavy atom. The van der Waals surface area contributed by atoms with Crippen LogP contribution in [0.15, 0.2) is 41.3 Å². The number of sulfone groups is 1. The van der Waals surface area contributed by atoms with Gasteiger partial charge >= 0.3 is 0 Å². The molecule has 0 aliphatic rings. The Labute approximate surface area is 104 Å². The van der Waals surface area contributed by atoms with Gasteiger partial charge in [0.2, 0.25) is 0 Å². The van der Waals surface area contributed by atoms with Gasteiger partial charge in [0.15, 0.2) is 9.84 Å². The molecule has 0 fully saturated rings. The van der Waals surface area contributed by atoms with Gasteiger partial charge in [0.05, 0.1) is 4.90 Å². The molecule has 0 unspecified atom stereocenters. The number of hydrogen-bond donors (Lipinski definition) is 2. The predicted molar refractivity (Wildman–Crippen MR) is 68.7 cm³/mol. The number of benzene rings is 2. The second-order valence-corrected chi connectivity index (χ2v) is 5.99. The van der Waals surface area contributed by atoms with Crippen molar-refractivity contribution in [1.82, 2.24) is 5.43 Å². The molecule has 94 valence electrons. The molecule has 18 heavy (non-hydrogen) atoms. The first-order valence-corrected chi connectivity index (χ1v) is 7.06. The van der Waals surface area contributed by atoms with Gasteiger partial charge in [-0.1, -0.05) is 12.1 Å².